The molecule has 8 heteroatoms. The number of aliphatic hydroxyl groups is 1. The molecule has 0 saturated carbocycles. The first-order chi connectivity index (χ1) is 9.11. The highest BCUT2D eigenvalue weighted by molar-refractivity contribution is 5.76. The third-order valence-electron chi connectivity index (χ3n) is 3.48. The van der Waals surface area contributed by atoms with E-state index >= 15 is 0 Å². The summed E-state index contributed by atoms with van der Waals surface area (Å²) in [6.07, 6.45) is 0. The highest BCUT2D eigenvalue weighted by Gasteiger charge is 2.29. The Bertz CT molecular complexity index is 536. The van der Waals surface area contributed by atoms with Crippen molar-refractivity contribution in [2.75, 3.05) is 13.7 Å². The molecule has 0 unspecified atom stereocenters. The first-order valence-electron chi connectivity index (χ1n) is 6.17. The third-order valence-corrected chi connectivity index (χ3v) is 3.48. The zero-order chi connectivity index (χ0) is 15.7. The van der Waals surface area contributed by atoms with Crippen molar-refractivity contribution >= 4 is 11.6 Å². The van der Waals surface area contributed by atoms with Gasteiger partial charge in [-0.25, -0.2) is 0 Å². The van der Waals surface area contributed by atoms with Crippen molar-refractivity contribution in [1.82, 2.24) is 14.7 Å². The summed E-state index contributed by atoms with van der Waals surface area (Å²) in [5, 5.41) is 24.2. The van der Waals surface area contributed by atoms with E-state index < -0.39 is 10.5 Å². The number of carbonyl (C=O) groups excluding carboxylic acids is 1. The molecule has 0 fully saturated rings. The lowest BCUT2D eigenvalue weighted by molar-refractivity contribution is -0.386. The number of rotatable bonds is 5. The predicted octanol–water partition coefficient (Wildman–Crippen LogP) is 0.637. The summed E-state index contributed by atoms with van der Waals surface area (Å²) in [7, 11) is 1.58. The predicted molar refractivity (Wildman–Crippen MR) is 72.3 cm³/mol. The maximum Gasteiger partial charge on any atom is 0.312 e. The van der Waals surface area contributed by atoms with Gasteiger partial charge in [0.15, 0.2) is 0 Å². The third kappa shape index (κ3) is 2.96. The summed E-state index contributed by atoms with van der Waals surface area (Å²) in [5.41, 5.74) is -0.138. The summed E-state index contributed by atoms with van der Waals surface area (Å²) >= 11 is 0. The summed E-state index contributed by atoms with van der Waals surface area (Å²) in [6, 6.07) is 0. The lowest BCUT2D eigenvalue weighted by atomic mass is 10.1. The molecule has 1 N–H and O–H groups in total. The molecule has 0 aliphatic carbocycles. The lowest BCUT2D eigenvalue weighted by Gasteiger charge is -2.33. The molecule has 0 bridgehead atoms. The number of nitrogens with zero attached hydrogens (tertiary/aromatic N) is 4. The van der Waals surface area contributed by atoms with Gasteiger partial charge >= 0.3 is 5.69 Å². The second kappa shape index (κ2) is 5.58. The molecule has 8 nitrogen and oxygen atoms in total. The molecule has 0 saturated heterocycles. The van der Waals surface area contributed by atoms with E-state index in [9.17, 15) is 20.0 Å². The first-order valence-corrected chi connectivity index (χ1v) is 6.17. The van der Waals surface area contributed by atoms with Gasteiger partial charge in [0.25, 0.3) is 0 Å². The molecule has 1 rings (SSSR count). The minimum atomic E-state index is -0.695. The van der Waals surface area contributed by atoms with Crippen molar-refractivity contribution in [3.8, 4) is 0 Å². The monoisotopic (exact) mass is 284 g/mol. The molecule has 0 atom stereocenters. The Labute approximate surface area is 117 Å². The van der Waals surface area contributed by atoms with Crippen molar-refractivity contribution in [3.63, 3.8) is 0 Å². The molecule has 0 aromatic carbocycles. The minimum absolute atomic E-state index is 0.0677. The van der Waals surface area contributed by atoms with E-state index in [0.717, 1.165) is 0 Å². The van der Waals surface area contributed by atoms with Gasteiger partial charge in [-0.2, -0.15) is 5.10 Å². The maximum absolute atomic E-state index is 12.1. The maximum atomic E-state index is 12.1. The largest absolute Gasteiger partial charge is 0.394 e. The summed E-state index contributed by atoms with van der Waals surface area (Å²) in [6.45, 7) is 6.28. The topological polar surface area (TPSA) is 102 Å². The van der Waals surface area contributed by atoms with Crippen LogP contribution in [0, 0.1) is 24.0 Å². The number of carbonyl (C=O) groups is 1. The Kier molecular flexibility index (Phi) is 4.49. The quantitative estimate of drug-likeness (QED) is 0.631. The van der Waals surface area contributed by atoms with Gasteiger partial charge in [0.05, 0.1) is 17.1 Å². The SMILES string of the molecule is Cc1nn(CC(=O)N(C)C(C)(C)CO)c(C)c1[N+](=O)[O-]. The molecule has 1 amide bonds. The number of likely N-dealkylation sites (N-methyl/N-ethyl adjacent to an activating group) is 1. The van der Waals surface area contributed by atoms with Crippen molar-refractivity contribution in [2.45, 2.75) is 39.8 Å². The second-order valence-electron chi connectivity index (χ2n) is 5.36. The van der Waals surface area contributed by atoms with Gasteiger partial charge in [-0.05, 0) is 27.7 Å². The van der Waals surface area contributed by atoms with Gasteiger partial charge in [-0.1, -0.05) is 0 Å². The number of hydrogen-bond donors (Lipinski definition) is 1. The van der Waals surface area contributed by atoms with Crippen LogP contribution in [-0.4, -0.2) is 49.8 Å². The van der Waals surface area contributed by atoms with Crippen LogP contribution in [0.5, 0.6) is 0 Å². The van der Waals surface area contributed by atoms with E-state index in [4.69, 9.17) is 0 Å². The summed E-state index contributed by atoms with van der Waals surface area (Å²) in [4.78, 5) is 24.0. The number of aliphatic hydroxyl groups excluding tert-OH is 1. The van der Waals surface area contributed by atoms with Crippen LogP contribution >= 0.6 is 0 Å². The van der Waals surface area contributed by atoms with E-state index in [1.54, 1.807) is 27.8 Å². The average molecular weight is 284 g/mol. The van der Waals surface area contributed by atoms with E-state index in [0.29, 0.717) is 5.69 Å². The number of aryl methyl sites for hydroxylation is 1. The van der Waals surface area contributed by atoms with E-state index in [2.05, 4.69) is 5.10 Å². The molecular formula is C12H20N4O4. The second-order valence-corrected chi connectivity index (χ2v) is 5.36. The van der Waals surface area contributed by atoms with Gasteiger partial charge in [-0.15, -0.1) is 0 Å². The summed E-state index contributed by atoms with van der Waals surface area (Å²) in [5.74, 6) is -0.274. The molecule has 0 aliphatic heterocycles. The van der Waals surface area contributed by atoms with Crippen LogP contribution in [-0.2, 0) is 11.3 Å². The smallest absolute Gasteiger partial charge is 0.312 e. The highest BCUT2D eigenvalue weighted by atomic mass is 16.6. The highest BCUT2D eigenvalue weighted by Crippen LogP contribution is 2.22. The molecule has 1 aromatic rings. The van der Waals surface area contributed by atoms with Crippen LogP contribution < -0.4 is 0 Å². The zero-order valence-electron chi connectivity index (χ0n) is 12.4. The van der Waals surface area contributed by atoms with Crippen molar-refractivity contribution in [3.05, 3.63) is 21.5 Å². The molecule has 1 aromatic heterocycles. The molecule has 20 heavy (non-hydrogen) atoms. The van der Waals surface area contributed by atoms with Crippen molar-refractivity contribution in [2.24, 2.45) is 0 Å². The lowest BCUT2D eigenvalue weighted by Crippen LogP contribution is -2.48. The van der Waals surface area contributed by atoms with E-state index in [1.165, 1.54) is 16.5 Å². The first kappa shape index (κ1) is 16.1. The van der Waals surface area contributed by atoms with Crippen molar-refractivity contribution < 1.29 is 14.8 Å². The Hall–Kier alpha value is -1.96. The van der Waals surface area contributed by atoms with E-state index in [1.807, 2.05) is 0 Å². The standard InChI is InChI=1S/C12H20N4O4/c1-8-11(16(19)20)9(2)15(13-8)6-10(18)14(5)12(3,4)7-17/h17H,6-7H2,1-5H3. The zero-order valence-corrected chi connectivity index (χ0v) is 12.4. The molecule has 0 radical (unpaired) electrons. The molecule has 1 heterocycles. The number of amides is 1. The van der Waals surface area contributed by atoms with Crippen LogP contribution in [0.2, 0.25) is 0 Å². The fraction of sp³-hybridized carbons (Fsp3) is 0.667. The van der Waals surface area contributed by atoms with Gasteiger partial charge in [0.2, 0.25) is 5.91 Å². The number of aromatic nitrogens is 2. The Morgan fingerprint density at radius 2 is 2.05 bits per heavy atom. The molecular weight excluding hydrogens is 264 g/mol. The Morgan fingerprint density at radius 3 is 2.45 bits per heavy atom. The number of hydrogen-bond acceptors (Lipinski definition) is 5. The van der Waals surface area contributed by atoms with Gasteiger partial charge in [0.1, 0.15) is 17.9 Å². The minimum Gasteiger partial charge on any atom is -0.394 e. The Morgan fingerprint density at radius 1 is 1.50 bits per heavy atom. The molecule has 112 valence electrons. The molecule has 0 aliphatic rings. The average Bonchev–Trinajstić information content (AvgIpc) is 2.63. The van der Waals surface area contributed by atoms with Crippen LogP contribution in [0.3, 0.4) is 0 Å². The van der Waals surface area contributed by atoms with Gasteiger partial charge in [-0.3, -0.25) is 19.6 Å². The van der Waals surface area contributed by atoms with E-state index in [-0.39, 0.29) is 30.4 Å². The Balaban J connectivity index is 2.98. The molecule has 0 spiro atoms. The fourth-order valence-corrected chi connectivity index (χ4v) is 1.78. The van der Waals surface area contributed by atoms with Crippen molar-refractivity contribution in [1.29, 1.82) is 0 Å². The van der Waals surface area contributed by atoms with Gasteiger partial charge in [0, 0.05) is 7.05 Å². The van der Waals surface area contributed by atoms with Crippen LogP contribution in [0.1, 0.15) is 25.2 Å². The van der Waals surface area contributed by atoms with Crippen LogP contribution in [0.15, 0.2) is 0 Å². The number of nitro groups is 1. The van der Waals surface area contributed by atoms with Gasteiger partial charge < -0.3 is 10.0 Å². The van der Waals surface area contributed by atoms with Crippen LogP contribution in [0.25, 0.3) is 0 Å². The van der Waals surface area contributed by atoms with Crippen LogP contribution in [0.4, 0.5) is 5.69 Å². The summed E-state index contributed by atoms with van der Waals surface area (Å²) < 4.78 is 1.32. The normalized spacial score (nSPS) is 11.5. The fourth-order valence-electron chi connectivity index (χ4n) is 1.78.